The first kappa shape index (κ1) is 27.6. The Bertz CT molecular complexity index is 1390. The lowest BCUT2D eigenvalue weighted by molar-refractivity contribution is 0.0519. The van der Waals surface area contributed by atoms with Crippen molar-refractivity contribution < 1.29 is 32.3 Å². The number of hydrogen-bond acceptors (Lipinski definition) is 8. The number of esters is 1. The molecule has 2 N–H and O–H groups in total. The van der Waals surface area contributed by atoms with Gasteiger partial charge >= 0.3 is 5.97 Å². The van der Waals surface area contributed by atoms with Crippen LogP contribution in [0.2, 0.25) is 5.02 Å². The van der Waals surface area contributed by atoms with Crippen molar-refractivity contribution >= 4 is 39.4 Å². The van der Waals surface area contributed by atoms with E-state index in [0.29, 0.717) is 17.2 Å². The fourth-order valence-corrected chi connectivity index (χ4v) is 4.33. The van der Waals surface area contributed by atoms with Gasteiger partial charge in [0.05, 0.1) is 34.8 Å². The summed E-state index contributed by atoms with van der Waals surface area (Å²) in [6.07, 6.45) is 1.52. The summed E-state index contributed by atoms with van der Waals surface area (Å²) in [7, 11) is -2.67. The number of benzene rings is 2. The van der Waals surface area contributed by atoms with E-state index in [1.54, 1.807) is 31.2 Å². The van der Waals surface area contributed by atoms with E-state index in [-0.39, 0.29) is 40.8 Å². The van der Waals surface area contributed by atoms with Gasteiger partial charge in [0.25, 0.3) is 21.8 Å². The number of ether oxygens (including phenoxy) is 2. The molecule has 0 saturated carbocycles. The van der Waals surface area contributed by atoms with Crippen molar-refractivity contribution in [2.75, 3.05) is 20.3 Å². The molecule has 0 aliphatic heterocycles. The molecule has 1 heterocycles. The van der Waals surface area contributed by atoms with Crippen LogP contribution in [-0.4, -0.2) is 51.4 Å². The van der Waals surface area contributed by atoms with Crippen LogP contribution in [0.15, 0.2) is 65.7 Å². The van der Waals surface area contributed by atoms with E-state index in [4.69, 9.17) is 21.1 Å². The van der Waals surface area contributed by atoms with Crippen LogP contribution in [0.4, 0.5) is 0 Å². The van der Waals surface area contributed by atoms with Crippen molar-refractivity contribution in [3.8, 4) is 5.75 Å². The number of aromatic nitrogens is 1. The maximum absolute atomic E-state index is 12.6. The zero-order valence-electron chi connectivity index (χ0n) is 20.0. The highest BCUT2D eigenvalue weighted by molar-refractivity contribution is 7.90. The van der Waals surface area contributed by atoms with Crippen molar-refractivity contribution in [2.24, 2.45) is 0 Å². The first-order chi connectivity index (χ1) is 17.6. The fourth-order valence-electron chi connectivity index (χ4n) is 3.15. The maximum atomic E-state index is 12.6. The Balaban J connectivity index is 1.57. The van der Waals surface area contributed by atoms with Crippen molar-refractivity contribution in [3.05, 3.63) is 88.2 Å². The first-order valence-electron chi connectivity index (χ1n) is 11.1. The van der Waals surface area contributed by atoms with Crippen LogP contribution in [0.25, 0.3) is 0 Å². The van der Waals surface area contributed by atoms with Gasteiger partial charge in [-0.05, 0) is 61.4 Å². The zero-order valence-corrected chi connectivity index (χ0v) is 21.6. The molecule has 0 unspecified atom stereocenters. The molecule has 37 heavy (non-hydrogen) atoms. The minimum atomic E-state index is -4.16. The highest BCUT2D eigenvalue weighted by atomic mass is 35.5. The lowest BCUT2D eigenvalue weighted by Gasteiger charge is -2.10. The molecule has 194 valence electrons. The molecule has 0 saturated heterocycles. The van der Waals surface area contributed by atoms with Crippen molar-refractivity contribution in [3.63, 3.8) is 0 Å². The Morgan fingerprint density at radius 3 is 2.35 bits per heavy atom. The van der Waals surface area contributed by atoms with Gasteiger partial charge in [0.1, 0.15) is 11.4 Å². The average Bonchev–Trinajstić information content (AvgIpc) is 2.89. The summed E-state index contributed by atoms with van der Waals surface area (Å²) >= 11 is 6.08. The predicted octanol–water partition coefficient (Wildman–Crippen LogP) is 3.01. The summed E-state index contributed by atoms with van der Waals surface area (Å²) in [5.74, 6) is -1.41. The normalized spacial score (nSPS) is 10.9. The number of pyridine rings is 1. The molecular weight excluding hydrogens is 522 g/mol. The van der Waals surface area contributed by atoms with Gasteiger partial charge < -0.3 is 14.8 Å². The minimum absolute atomic E-state index is 0.000344. The van der Waals surface area contributed by atoms with E-state index >= 15 is 0 Å². The summed E-state index contributed by atoms with van der Waals surface area (Å²) in [5.41, 5.74) is 1.00. The molecule has 3 rings (SSSR count). The predicted molar refractivity (Wildman–Crippen MR) is 135 cm³/mol. The monoisotopic (exact) mass is 545 g/mol. The molecule has 0 fully saturated rings. The van der Waals surface area contributed by atoms with Gasteiger partial charge in [0, 0.05) is 12.7 Å². The second-order valence-corrected chi connectivity index (χ2v) is 9.67. The number of carbonyl (C=O) groups excluding carboxylic acids is 3. The molecule has 0 bridgehead atoms. The maximum Gasteiger partial charge on any atom is 0.356 e. The lowest BCUT2D eigenvalue weighted by atomic mass is 10.1. The SMILES string of the molecule is CCOC(=O)c1ccc(C(=O)NS(=O)(=O)c2ccc(CCNC(=O)c3cc(OC)ccc3Cl)cc2)cn1. The number of halogens is 1. The van der Waals surface area contributed by atoms with Gasteiger partial charge in [-0.1, -0.05) is 23.7 Å². The summed E-state index contributed by atoms with van der Waals surface area (Å²) in [4.78, 5) is 40.2. The van der Waals surface area contributed by atoms with Gasteiger partial charge in [-0.15, -0.1) is 0 Å². The summed E-state index contributed by atoms with van der Waals surface area (Å²) in [6, 6.07) is 13.2. The third kappa shape index (κ3) is 7.28. The van der Waals surface area contributed by atoms with Crippen LogP contribution in [0.1, 0.15) is 43.7 Å². The number of carbonyl (C=O) groups is 3. The van der Waals surface area contributed by atoms with Gasteiger partial charge in [-0.25, -0.2) is 22.9 Å². The van der Waals surface area contributed by atoms with Gasteiger partial charge in [-0.2, -0.15) is 0 Å². The Labute approximate surface area is 219 Å². The van der Waals surface area contributed by atoms with Crippen molar-refractivity contribution in [1.82, 2.24) is 15.0 Å². The zero-order chi connectivity index (χ0) is 27.0. The number of hydrogen-bond donors (Lipinski definition) is 2. The number of amides is 2. The standard InChI is InChI=1S/C25H24ClN3O7S/c1-3-36-25(32)22-11-6-17(15-28-22)23(30)29-37(33,34)19-8-4-16(5-9-19)12-13-27-24(31)20-14-18(35-2)7-10-21(20)26/h4-11,14-15H,3,12-13H2,1-2H3,(H,27,31)(H,29,30). The van der Waals surface area contributed by atoms with Gasteiger partial charge in [0.15, 0.2) is 0 Å². The third-order valence-corrected chi connectivity index (χ3v) is 6.76. The summed E-state index contributed by atoms with van der Waals surface area (Å²) in [6.45, 7) is 2.10. The van der Waals surface area contributed by atoms with Crippen LogP contribution in [0.5, 0.6) is 5.75 Å². The Morgan fingerprint density at radius 2 is 1.73 bits per heavy atom. The van der Waals surface area contributed by atoms with Crippen LogP contribution in [-0.2, 0) is 21.2 Å². The molecule has 0 radical (unpaired) electrons. The largest absolute Gasteiger partial charge is 0.497 e. The number of nitrogens with one attached hydrogen (secondary N) is 2. The minimum Gasteiger partial charge on any atom is -0.497 e. The van der Waals surface area contributed by atoms with E-state index in [2.05, 4.69) is 10.3 Å². The molecule has 1 aromatic heterocycles. The molecule has 12 heteroatoms. The fraction of sp³-hybridized carbons (Fsp3) is 0.200. The number of sulfonamides is 1. The first-order valence-corrected chi connectivity index (χ1v) is 12.9. The molecule has 0 spiro atoms. The van der Waals surface area contributed by atoms with Crippen molar-refractivity contribution in [1.29, 1.82) is 0 Å². The van der Waals surface area contributed by atoms with E-state index < -0.39 is 21.9 Å². The molecule has 3 aromatic rings. The summed E-state index contributed by atoms with van der Waals surface area (Å²) < 4.78 is 37.1. The topological polar surface area (TPSA) is 141 Å². The van der Waals surface area contributed by atoms with Crippen LogP contribution in [0.3, 0.4) is 0 Å². The second kappa shape index (κ2) is 12.3. The van der Waals surface area contributed by atoms with Gasteiger partial charge in [0.2, 0.25) is 0 Å². The molecule has 0 aliphatic rings. The van der Waals surface area contributed by atoms with Crippen LogP contribution < -0.4 is 14.8 Å². The Hall–Kier alpha value is -3.96. The number of nitrogens with zero attached hydrogens (tertiary/aromatic N) is 1. The van der Waals surface area contributed by atoms with E-state index in [1.165, 1.54) is 37.4 Å². The average molecular weight is 546 g/mol. The molecule has 2 amide bonds. The van der Waals surface area contributed by atoms with Gasteiger partial charge in [-0.3, -0.25) is 9.59 Å². The quantitative estimate of drug-likeness (QED) is 0.370. The van der Waals surface area contributed by atoms with E-state index in [1.807, 2.05) is 4.72 Å². The van der Waals surface area contributed by atoms with Crippen LogP contribution >= 0.6 is 11.6 Å². The van der Waals surface area contributed by atoms with E-state index in [0.717, 1.165) is 11.8 Å². The molecule has 0 atom stereocenters. The van der Waals surface area contributed by atoms with E-state index in [9.17, 15) is 22.8 Å². The third-order valence-electron chi connectivity index (χ3n) is 5.09. The molecular formula is C25H24ClN3O7S. The Morgan fingerprint density at radius 1 is 1.00 bits per heavy atom. The smallest absolute Gasteiger partial charge is 0.356 e. The molecule has 10 nitrogen and oxygen atoms in total. The second-order valence-electron chi connectivity index (χ2n) is 7.58. The van der Waals surface area contributed by atoms with Crippen molar-refractivity contribution in [2.45, 2.75) is 18.2 Å². The highest BCUT2D eigenvalue weighted by Gasteiger charge is 2.20. The Kier molecular flexibility index (Phi) is 9.20. The highest BCUT2D eigenvalue weighted by Crippen LogP contribution is 2.22. The summed E-state index contributed by atoms with van der Waals surface area (Å²) in [5, 5.41) is 3.05. The van der Waals surface area contributed by atoms with Crippen LogP contribution in [0, 0.1) is 0 Å². The molecule has 0 aliphatic carbocycles. The number of rotatable bonds is 10. The lowest BCUT2D eigenvalue weighted by Crippen LogP contribution is -2.30. The number of methoxy groups -OCH3 is 1. The molecule has 2 aromatic carbocycles.